The Balaban J connectivity index is 1.43. The van der Waals surface area contributed by atoms with Crippen LogP contribution in [0.2, 0.25) is 0 Å². The summed E-state index contributed by atoms with van der Waals surface area (Å²) in [5.41, 5.74) is 2.52. The van der Waals surface area contributed by atoms with Crippen LogP contribution in [0.25, 0.3) is 22.1 Å². The molecule has 4 heterocycles. The number of hydrogen-bond acceptors (Lipinski definition) is 6. The molecular weight excluding hydrogens is 340 g/mol. The molecule has 138 valence electrons. The van der Waals surface area contributed by atoms with E-state index in [2.05, 4.69) is 43.5 Å². The number of rotatable bonds is 3. The third-order valence-corrected chi connectivity index (χ3v) is 5.46. The number of fused-ring (bicyclic) bond motifs is 3. The maximum atomic E-state index is 6.09. The Kier molecular flexibility index (Phi) is 3.81. The third kappa shape index (κ3) is 2.65. The zero-order valence-electron chi connectivity index (χ0n) is 15.5. The number of furan rings is 1. The standard InChI is InChI=1S/C20H22N6O/c1-13(2)26-12-23-24-19(26)14-7-9-25(10-8-14)20-18-17(21-11-22-20)15-5-3-4-6-16(15)27-18/h3-6,11-14H,7-10H2,1-2H3. The molecule has 0 spiro atoms. The molecular formula is C20H22N6O. The number of para-hydroxylation sites is 1. The fraction of sp³-hybridized carbons (Fsp3) is 0.400. The second-order valence-electron chi connectivity index (χ2n) is 7.42. The first-order chi connectivity index (χ1) is 13.2. The summed E-state index contributed by atoms with van der Waals surface area (Å²) in [7, 11) is 0. The molecule has 0 unspecified atom stereocenters. The van der Waals surface area contributed by atoms with Crippen LogP contribution in [0.1, 0.15) is 44.5 Å². The van der Waals surface area contributed by atoms with Crippen LogP contribution in [-0.4, -0.2) is 37.8 Å². The molecule has 1 aliphatic heterocycles. The van der Waals surface area contributed by atoms with Crippen molar-refractivity contribution in [2.24, 2.45) is 0 Å². The quantitative estimate of drug-likeness (QED) is 0.550. The van der Waals surface area contributed by atoms with Crippen molar-refractivity contribution in [3.8, 4) is 0 Å². The first-order valence-corrected chi connectivity index (χ1v) is 9.49. The molecule has 1 aromatic carbocycles. The summed E-state index contributed by atoms with van der Waals surface area (Å²) in [6.07, 6.45) is 5.53. The van der Waals surface area contributed by atoms with Gasteiger partial charge >= 0.3 is 0 Å². The Hall–Kier alpha value is -2.96. The summed E-state index contributed by atoms with van der Waals surface area (Å²) < 4.78 is 8.28. The van der Waals surface area contributed by atoms with Crippen molar-refractivity contribution in [3.63, 3.8) is 0 Å². The van der Waals surface area contributed by atoms with Gasteiger partial charge in [-0.25, -0.2) is 9.97 Å². The van der Waals surface area contributed by atoms with Crippen LogP contribution in [0.15, 0.2) is 41.3 Å². The molecule has 3 aromatic heterocycles. The van der Waals surface area contributed by atoms with Gasteiger partial charge in [0.05, 0.1) is 0 Å². The molecule has 7 heteroatoms. The van der Waals surface area contributed by atoms with E-state index in [9.17, 15) is 0 Å². The average Bonchev–Trinajstić information content (AvgIpc) is 3.33. The number of benzene rings is 1. The number of nitrogens with zero attached hydrogens (tertiary/aromatic N) is 6. The van der Waals surface area contributed by atoms with Crippen molar-refractivity contribution in [2.45, 2.75) is 38.6 Å². The Labute approximate surface area is 157 Å². The van der Waals surface area contributed by atoms with Crippen LogP contribution in [0.5, 0.6) is 0 Å². The smallest absolute Gasteiger partial charge is 0.196 e. The maximum absolute atomic E-state index is 6.09. The molecule has 0 amide bonds. The Morgan fingerprint density at radius 1 is 1.11 bits per heavy atom. The summed E-state index contributed by atoms with van der Waals surface area (Å²) in [6, 6.07) is 8.39. The van der Waals surface area contributed by atoms with Crippen molar-refractivity contribution in [3.05, 3.63) is 42.7 Å². The highest BCUT2D eigenvalue weighted by atomic mass is 16.3. The molecule has 0 N–H and O–H groups in total. The Morgan fingerprint density at radius 3 is 2.74 bits per heavy atom. The minimum atomic E-state index is 0.380. The molecule has 0 radical (unpaired) electrons. The van der Waals surface area contributed by atoms with E-state index in [-0.39, 0.29) is 0 Å². The number of hydrogen-bond donors (Lipinski definition) is 0. The van der Waals surface area contributed by atoms with E-state index in [0.717, 1.165) is 59.6 Å². The maximum Gasteiger partial charge on any atom is 0.196 e. The van der Waals surface area contributed by atoms with Crippen LogP contribution >= 0.6 is 0 Å². The lowest BCUT2D eigenvalue weighted by atomic mass is 9.95. The molecule has 0 aliphatic carbocycles. The van der Waals surface area contributed by atoms with Crippen molar-refractivity contribution in [2.75, 3.05) is 18.0 Å². The molecule has 27 heavy (non-hydrogen) atoms. The topological polar surface area (TPSA) is 72.9 Å². The van der Waals surface area contributed by atoms with Gasteiger partial charge in [0.25, 0.3) is 0 Å². The monoisotopic (exact) mass is 362 g/mol. The summed E-state index contributed by atoms with van der Waals surface area (Å²) in [6.45, 7) is 6.17. The summed E-state index contributed by atoms with van der Waals surface area (Å²) in [5, 5.41) is 9.55. The van der Waals surface area contributed by atoms with E-state index < -0.39 is 0 Å². The number of piperidine rings is 1. The first-order valence-electron chi connectivity index (χ1n) is 9.49. The average molecular weight is 362 g/mol. The molecule has 1 saturated heterocycles. The minimum absolute atomic E-state index is 0.380. The highest BCUT2D eigenvalue weighted by molar-refractivity contribution is 6.05. The van der Waals surface area contributed by atoms with Gasteiger partial charge in [-0.3, -0.25) is 0 Å². The minimum Gasteiger partial charge on any atom is -0.450 e. The van der Waals surface area contributed by atoms with E-state index >= 15 is 0 Å². The van der Waals surface area contributed by atoms with E-state index in [0.29, 0.717) is 12.0 Å². The van der Waals surface area contributed by atoms with Gasteiger partial charge in [0.2, 0.25) is 0 Å². The van der Waals surface area contributed by atoms with E-state index in [1.807, 2.05) is 30.6 Å². The summed E-state index contributed by atoms with van der Waals surface area (Å²) in [5.74, 6) is 2.42. The van der Waals surface area contributed by atoms with Gasteiger partial charge in [-0.05, 0) is 38.8 Å². The molecule has 0 bridgehead atoms. The predicted molar refractivity (Wildman–Crippen MR) is 104 cm³/mol. The van der Waals surface area contributed by atoms with Crippen LogP contribution in [0, 0.1) is 0 Å². The SMILES string of the molecule is CC(C)n1cnnc1C1CCN(c2ncnc3c2oc2ccccc23)CC1. The van der Waals surface area contributed by atoms with E-state index in [1.165, 1.54) is 0 Å². The Morgan fingerprint density at radius 2 is 1.93 bits per heavy atom. The second-order valence-corrected chi connectivity index (χ2v) is 7.42. The highest BCUT2D eigenvalue weighted by Gasteiger charge is 2.27. The second kappa shape index (κ2) is 6.33. The molecule has 4 aromatic rings. The van der Waals surface area contributed by atoms with Gasteiger partial charge in [-0.15, -0.1) is 10.2 Å². The van der Waals surface area contributed by atoms with Gasteiger partial charge in [0, 0.05) is 30.4 Å². The Bertz CT molecular complexity index is 1090. The van der Waals surface area contributed by atoms with Gasteiger partial charge in [0.15, 0.2) is 11.4 Å². The van der Waals surface area contributed by atoms with Gasteiger partial charge in [-0.2, -0.15) is 0 Å². The molecule has 7 nitrogen and oxygen atoms in total. The first kappa shape index (κ1) is 16.2. The third-order valence-electron chi connectivity index (χ3n) is 5.46. The highest BCUT2D eigenvalue weighted by Crippen LogP contribution is 2.35. The lowest BCUT2D eigenvalue weighted by molar-refractivity contribution is 0.447. The summed E-state index contributed by atoms with van der Waals surface area (Å²) in [4.78, 5) is 11.3. The molecule has 1 fully saturated rings. The van der Waals surface area contributed by atoms with Gasteiger partial charge < -0.3 is 13.9 Å². The van der Waals surface area contributed by atoms with Crippen LogP contribution < -0.4 is 4.90 Å². The van der Waals surface area contributed by atoms with E-state index in [4.69, 9.17) is 4.42 Å². The van der Waals surface area contributed by atoms with Crippen LogP contribution in [0.4, 0.5) is 5.82 Å². The summed E-state index contributed by atoms with van der Waals surface area (Å²) >= 11 is 0. The fourth-order valence-corrected chi connectivity index (χ4v) is 4.03. The largest absolute Gasteiger partial charge is 0.450 e. The lowest BCUT2D eigenvalue weighted by Gasteiger charge is -2.32. The van der Waals surface area contributed by atoms with Crippen molar-refractivity contribution in [1.29, 1.82) is 0 Å². The fourth-order valence-electron chi connectivity index (χ4n) is 4.03. The molecule has 5 rings (SSSR count). The van der Waals surface area contributed by atoms with E-state index in [1.54, 1.807) is 6.33 Å². The number of anilines is 1. The molecule has 0 atom stereocenters. The zero-order valence-corrected chi connectivity index (χ0v) is 15.5. The predicted octanol–water partition coefficient (Wildman–Crippen LogP) is 3.93. The number of aromatic nitrogens is 5. The van der Waals surface area contributed by atoms with Gasteiger partial charge in [-0.1, -0.05) is 12.1 Å². The van der Waals surface area contributed by atoms with Crippen LogP contribution in [0.3, 0.4) is 0 Å². The van der Waals surface area contributed by atoms with Crippen molar-refractivity contribution in [1.82, 2.24) is 24.7 Å². The van der Waals surface area contributed by atoms with Crippen molar-refractivity contribution < 1.29 is 4.42 Å². The molecule has 0 saturated carbocycles. The van der Waals surface area contributed by atoms with Crippen molar-refractivity contribution >= 4 is 27.9 Å². The van der Waals surface area contributed by atoms with Crippen LogP contribution in [-0.2, 0) is 0 Å². The van der Waals surface area contributed by atoms with Gasteiger partial charge in [0.1, 0.15) is 29.6 Å². The molecule has 1 aliphatic rings. The normalized spacial score (nSPS) is 16.0. The zero-order chi connectivity index (χ0) is 18.4. The lowest BCUT2D eigenvalue weighted by Crippen LogP contribution is -2.34.